The normalized spacial score (nSPS) is 12.7. The summed E-state index contributed by atoms with van der Waals surface area (Å²) in [5, 5.41) is 5.39. The Morgan fingerprint density at radius 3 is 2.02 bits per heavy atom. The standard InChI is InChI=1S/C21H25NO4.C8H17NO2.C8H17N/c1-17(23)15-25-20-12-10-18(11-13-20)7-5-6-14-22-21(24)26-16-19-8-3-2-4-9-19;1-5-6-9-7(10)11-8(2,3)4;1-2-6-9-7-4-3-5-8-9/h2-4,8-13H,5-7,14-16H2,1H3,(H,22,24);5-6H2,1-4H3,(H,9,10);2-8H2,1H3. The van der Waals surface area contributed by atoms with E-state index in [1.54, 1.807) is 0 Å². The Morgan fingerprint density at radius 2 is 1.43 bits per heavy atom. The number of likely N-dealkylation sites (tertiary alicyclic amines) is 1. The highest BCUT2D eigenvalue weighted by molar-refractivity contribution is 5.77. The van der Waals surface area contributed by atoms with E-state index >= 15 is 0 Å². The van der Waals surface area contributed by atoms with Crippen molar-refractivity contribution in [1.29, 1.82) is 0 Å². The third-order valence-corrected chi connectivity index (χ3v) is 6.65. The maximum Gasteiger partial charge on any atom is 0.407 e. The zero-order valence-electron chi connectivity index (χ0n) is 29.2. The van der Waals surface area contributed by atoms with E-state index in [1.165, 1.54) is 57.8 Å². The maximum absolute atomic E-state index is 11.6. The number of nitrogens with one attached hydrogen (secondary N) is 2. The fourth-order valence-electron chi connectivity index (χ4n) is 4.40. The number of piperidine rings is 1. The number of nitrogens with zero attached hydrogens (tertiary/aromatic N) is 1. The minimum atomic E-state index is -0.391. The van der Waals surface area contributed by atoms with Crippen molar-refractivity contribution in [1.82, 2.24) is 15.5 Å². The number of unbranched alkanes of at least 4 members (excludes halogenated alkanes) is 1. The summed E-state index contributed by atoms with van der Waals surface area (Å²) in [5.74, 6) is 0.704. The van der Waals surface area contributed by atoms with E-state index < -0.39 is 5.60 Å². The van der Waals surface area contributed by atoms with Crippen molar-refractivity contribution in [2.24, 2.45) is 0 Å². The van der Waals surface area contributed by atoms with Crippen LogP contribution in [0.3, 0.4) is 0 Å². The lowest BCUT2D eigenvalue weighted by molar-refractivity contribution is -0.118. The summed E-state index contributed by atoms with van der Waals surface area (Å²) >= 11 is 0. The summed E-state index contributed by atoms with van der Waals surface area (Å²) in [4.78, 5) is 36.0. The molecule has 2 amide bonds. The minimum absolute atomic E-state index is 0.00358. The highest BCUT2D eigenvalue weighted by Gasteiger charge is 2.15. The Balaban J connectivity index is 0.000000432. The van der Waals surface area contributed by atoms with Crippen molar-refractivity contribution < 1.29 is 28.6 Å². The SMILES string of the molecule is CC(=O)COc1ccc(CCCCNC(=O)OCc2ccccc2)cc1.CCCN1CCCCC1.CCCNC(=O)OC(C)(C)C. The van der Waals surface area contributed by atoms with Gasteiger partial charge in [-0.05, 0) is 116 Å². The van der Waals surface area contributed by atoms with Crippen LogP contribution in [-0.2, 0) is 27.3 Å². The van der Waals surface area contributed by atoms with Crippen LogP contribution in [0.2, 0.25) is 0 Å². The van der Waals surface area contributed by atoms with Gasteiger partial charge >= 0.3 is 12.2 Å². The number of ketones is 1. The van der Waals surface area contributed by atoms with Crippen LogP contribution in [0, 0.1) is 0 Å². The quantitative estimate of drug-likeness (QED) is 0.204. The largest absolute Gasteiger partial charge is 0.486 e. The number of benzene rings is 2. The molecule has 46 heavy (non-hydrogen) atoms. The lowest BCUT2D eigenvalue weighted by Gasteiger charge is -2.25. The smallest absolute Gasteiger partial charge is 0.407 e. The van der Waals surface area contributed by atoms with E-state index in [1.807, 2.05) is 82.3 Å². The van der Waals surface area contributed by atoms with E-state index in [9.17, 15) is 14.4 Å². The molecule has 0 unspecified atom stereocenters. The maximum atomic E-state index is 11.6. The van der Waals surface area contributed by atoms with Crippen molar-refractivity contribution in [2.45, 2.75) is 105 Å². The first-order chi connectivity index (χ1) is 22.0. The molecule has 1 fully saturated rings. The molecule has 9 heteroatoms. The van der Waals surface area contributed by atoms with Crippen LogP contribution in [0.5, 0.6) is 5.75 Å². The van der Waals surface area contributed by atoms with Gasteiger partial charge < -0.3 is 29.7 Å². The second-order valence-electron chi connectivity index (χ2n) is 12.4. The first-order valence-corrected chi connectivity index (χ1v) is 16.9. The number of aryl methyl sites for hydroxylation is 1. The zero-order valence-corrected chi connectivity index (χ0v) is 29.2. The number of hydrogen-bond acceptors (Lipinski definition) is 7. The molecule has 258 valence electrons. The van der Waals surface area contributed by atoms with Gasteiger partial charge in [0.2, 0.25) is 0 Å². The van der Waals surface area contributed by atoms with E-state index in [4.69, 9.17) is 14.2 Å². The summed E-state index contributed by atoms with van der Waals surface area (Å²) in [6, 6.07) is 17.3. The Hall–Kier alpha value is -3.59. The van der Waals surface area contributed by atoms with E-state index in [0.717, 1.165) is 31.2 Å². The van der Waals surface area contributed by atoms with Crippen LogP contribution in [0.25, 0.3) is 0 Å². The lowest BCUT2D eigenvalue weighted by Crippen LogP contribution is -2.32. The fraction of sp³-hybridized carbons (Fsp3) is 0.595. The van der Waals surface area contributed by atoms with Gasteiger partial charge in [-0.1, -0.05) is 62.7 Å². The summed E-state index contributed by atoms with van der Waals surface area (Å²) in [6.45, 7) is 17.0. The second kappa shape index (κ2) is 24.6. The van der Waals surface area contributed by atoms with Crippen LogP contribution < -0.4 is 15.4 Å². The summed E-state index contributed by atoms with van der Waals surface area (Å²) in [7, 11) is 0. The molecule has 0 spiro atoms. The van der Waals surface area contributed by atoms with Crippen LogP contribution in [0.15, 0.2) is 54.6 Å². The van der Waals surface area contributed by atoms with E-state index in [0.29, 0.717) is 18.8 Å². The molecule has 2 N–H and O–H groups in total. The van der Waals surface area contributed by atoms with Crippen LogP contribution in [-0.4, -0.2) is 67.8 Å². The molecule has 2 aromatic carbocycles. The third kappa shape index (κ3) is 22.8. The van der Waals surface area contributed by atoms with Crippen LogP contribution >= 0.6 is 0 Å². The van der Waals surface area contributed by atoms with Crippen molar-refractivity contribution >= 4 is 18.0 Å². The molecule has 0 aromatic heterocycles. The molecule has 3 rings (SSSR count). The van der Waals surface area contributed by atoms with Gasteiger partial charge in [-0.2, -0.15) is 0 Å². The summed E-state index contributed by atoms with van der Waals surface area (Å²) < 4.78 is 15.5. The summed E-state index contributed by atoms with van der Waals surface area (Å²) in [5.41, 5.74) is 1.78. The van der Waals surface area contributed by atoms with Crippen LogP contribution in [0.1, 0.15) is 97.6 Å². The number of carbonyl (C=O) groups is 3. The molecule has 0 radical (unpaired) electrons. The molecule has 2 aromatic rings. The predicted molar refractivity (Wildman–Crippen MR) is 185 cm³/mol. The van der Waals surface area contributed by atoms with Crippen LogP contribution in [0.4, 0.5) is 9.59 Å². The highest BCUT2D eigenvalue weighted by atomic mass is 16.6. The predicted octanol–water partition coefficient (Wildman–Crippen LogP) is 7.71. The molecule has 0 atom stereocenters. The number of carbonyl (C=O) groups excluding carboxylic acids is 3. The fourth-order valence-corrected chi connectivity index (χ4v) is 4.40. The van der Waals surface area contributed by atoms with Gasteiger partial charge in [-0.3, -0.25) is 4.79 Å². The molecule has 9 nitrogen and oxygen atoms in total. The first kappa shape index (κ1) is 40.4. The van der Waals surface area contributed by atoms with Crippen molar-refractivity contribution in [3.63, 3.8) is 0 Å². The Kier molecular flexibility index (Phi) is 21.6. The molecular weight excluding hydrogens is 582 g/mol. The first-order valence-electron chi connectivity index (χ1n) is 16.9. The molecule has 0 saturated carbocycles. The average molecular weight is 642 g/mol. The minimum Gasteiger partial charge on any atom is -0.486 e. The molecule has 0 aliphatic carbocycles. The van der Waals surface area contributed by atoms with Crippen molar-refractivity contribution in [2.75, 3.05) is 39.3 Å². The molecule has 1 saturated heterocycles. The Labute approximate surface area is 277 Å². The molecule has 0 bridgehead atoms. The molecular formula is C37H59N3O6. The lowest BCUT2D eigenvalue weighted by atomic mass is 10.1. The number of Topliss-reactive ketones (excluding diaryl/α,β-unsaturated/α-hetero) is 1. The number of ether oxygens (including phenoxy) is 3. The van der Waals surface area contributed by atoms with Gasteiger partial charge in [0.1, 0.15) is 24.6 Å². The number of alkyl carbamates (subject to hydrolysis) is 2. The van der Waals surface area contributed by atoms with Crippen molar-refractivity contribution in [3.8, 4) is 5.75 Å². The third-order valence-electron chi connectivity index (χ3n) is 6.65. The van der Waals surface area contributed by atoms with Gasteiger partial charge in [0.05, 0.1) is 0 Å². The topological polar surface area (TPSA) is 106 Å². The van der Waals surface area contributed by atoms with Gasteiger partial charge in [0.25, 0.3) is 0 Å². The van der Waals surface area contributed by atoms with Crippen molar-refractivity contribution in [3.05, 3.63) is 65.7 Å². The molecule has 1 heterocycles. The zero-order chi connectivity index (χ0) is 34.0. The van der Waals surface area contributed by atoms with E-state index in [2.05, 4.69) is 22.5 Å². The monoisotopic (exact) mass is 641 g/mol. The number of amides is 2. The molecule has 1 aliphatic rings. The van der Waals surface area contributed by atoms with Gasteiger partial charge in [0.15, 0.2) is 5.78 Å². The molecule has 1 aliphatic heterocycles. The Morgan fingerprint density at radius 1 is 0.783 bits per heavy atom. The highest BCUT2D eigenvalue weighted by Crippen LogP contribution is 2.14. The number of hydrogen-bond donors (Lipinski definition) is 2. The van der Waals surface area contributed by atoms with Gasteiger partial charge in [-0.25, -0.2) is 9.59 Å². The van der Waals surface area contributed by atoms with Gasteiger partial charge in [-0.15, -0.1) is 0 Å². The van der Waals surface area contributed by atoms with E-state index in [-0.39, 0.29) is 31.2 Å². The second-order valence-corrected chi connectivity index (χ2v) is 12.4. The summed E-state index contributed by atoms with van der Waals surface area (Å²) in [6.07, 6.45) is 8.61. The van der Waals surface area contributed by atoms with Gasteiger partial charge in [0, 0.05) is 13.1 Å². The Bertz CT molecular complexity index is 1080. The number of rotatable bonds is 14. The average Bonchev–Trinajstić information content (AvgIpc) is 3.03.